The number of carboxylic acids is 2. The van der Waals surface area contributed by atoms with Crippen LogP contribution in [0.5, 0.6) is 0 Å². The highest BCUT2D eigenvalue weighted by Gasteiger charge is 2.34. The van der Waals surface area contributed by atoms with Crippen molar-refractivity contribution in [2.24, 2.45) is 0 Å². The summed E-state index contributed by atoms with van der Waals surface area (Å²) in [5.74, 6) is -2.04. The van der Waals surface area contributed by atoms with Crippen molar-refractivity contribution >= 4 is 11.9 Å². The number of rotatable bonds is 6. The smallest absolute Gasteiger partial charge is 0.336 e. The predicted molar refractivity (Wildman–Crippen MR) is 76.7 cm³/mol. The van der Waals surface area contributed by atoms with E-state index in [1.807, 2.05) is 0 Å². The van der Waals surface area contributed by atoms with Crippen molar-refractivity contribution in [3.05, 3.63) is 33.4 Å². The lowest BCUT2D eigenvalue weighted by Gasteiger charge is -2.20. The minimum atomic E-state index is -1.02. The molecule has 0 radical (unpaired) electrons. The number of carboxylic acid groups (broad SMARTS) is 2. The molecule has 2 aliphatic rings. The third-order valence-corrected chi connectivity index (χ3v) is 4.38. The molecule has 0 spiro atoms. The molecule has 2 saturated heterocycles. The fourth-order valence-electron chi connectivity index (χ4n) is 2.99. The van der Waals surface area contributed by atoms with E-state index in [0.717, 1.165) is 0 Å². The standard InChI is InChI=1S/C16H18O6/c1-7-8(2)14(16(19)20)12(4-10-6-22-10)11(3-9-5-21-9)13(7)15(17)18/h9-10H,3-6H2,1-2H3,(H,17,18)(H,19,20). The molecule has 0 aromatic heterocycles. The first-order valence-corrected chi connectivity index (χ1v) is 7.24. The summed E-state index contributed by atoms with van der Waals surface area (Å²) >= 11 is 0. The molecule has 0 saturated carbocycles. The molecule has 2 N–H and O–H groups in total. The Labute approximate surface area is 127 Å². The van der Waals surface area contributed by atoms with Gasteiger partial charge in [-0.2, -0.15) is 0 Å². The number of ether oxygens (including phenoxy) is 2. The van der Waals surface area contributed by atoms with Crippen LogP contribution in [0.1, 0.15) is 43.0 Å². The molecule has 3 rings (SSSR count). The average Bonchev–Trinajstić information content (AvgIpc) is 3.30. The van der Waals surface area contributed by atoms with Crippen LogP contribution in [0.15, 0.2) is 0 Å². The van der Waals surface area contributed by atoms with Crippen LogP contribution < -0.4 is 0 Å². The summed E-state index contributed by atoms with van der Waals surface area (Å²) in [4.78, 5) is 23.4. The van der Waals surface area contributed by atoms with Crippen molar-refractivity contribution in [1.82, 2.24) is 0 Å². The predicted octanol–water partition coefficient (Wildman–Crippen LogP) is 1.58. The molecule has 1 aromatic rings. The molecule has 6 heteroatoms. The van der Waals surface area contributed by atoms with Gasteiger partial charge in [-0.25, -0.2) is 9.59 Å². The number of hydrogen-bond donors (Lipinski definition) is 2. The van der Waals surface area contributed by atoms with E-state index in [1.165, 1.54) is 0 Å². The second-order valence-electron chi connectivity index (χ2n) is 5.89. The third kappa shape index (κ3) is 2.71. The molecule has 1 aromatic carbocycles. The second kappa shape index (κ2) is 5.37. The number of hydrogen-bond acceptors (Lipinski definition) is 4. The van der Waals surface area contributed by atoms with Gasteiger partial charge in [0, 0.05) is 12.8 Å². The molecule has 6 nitrogen and oxygen atoms in total. The van der Waals surface area contributed by atoms with Gasteiger partial charge in [0.2, 0.25) is 0 Å². The lowest BCUT2D eigenvalue weighted by molar-refractivity contribution is 0.0677. The van der Waals surface area contributed by atoms with Crippen LogP contribution >= 0.6 is 0 Å². The van der Waals surface area contributed by atoms with Crippen molar-refractivity contribution in [3.63, 3.8) is 0 Å². The molecule has 2 heterocycles. The van der Waals surface area contributed by atoms with Crippen LogP contribution in [0.3, 0.4) is 0 Å². The number of carbonyl (C=O) groups is 2. The summed E-state index contributed by atoms with van der Waals surface area (Å²) in [6, 6.07) is 0. The van der Waals surface area contributed by atoms with Crippen LogP contribution in [0, 0.1) is 13.8 Å². The highest BCUT2D eigenvalue weighted by Crippen LogP contribution is 2.33. The van der Waals surface area contributed by atoms with Crippen LogP contribution in [0.25, 0.3) is 0 Å². The summed E-state index contributed by atoms with van der Waals surface area (Å²) in [6.45, 7) is 4.52. The monoisotopic (exact) mass is 306 g/mol. The number of aromatic carboxylic acids is 2. The van der Waals surface area contributed by atoms with E-state index in [2.05, 4.69) is 0 Å². The zero-order valence-corrected chi connectivity index (χ0v) is 12.5. The van der Waals surface area contributed by atoms with Gasteiger partial charge in [-0.15, -0.1) is 0 Å². The first-order chi connectivity index (χ1) is 10.4. The Morgan fingerprint density at radius 2 is 1.23 bits per heavy atom. The zero-order valence-electron chi connectivity index (χ0n) is 12.5. The van der Waals surface area contributed by atoms with Gasteiger partial charge in [0.15, 0.2) is 0 Å². The number of epoxide rings is 2. The van der Waals surface area contributed by atoms with E-state index < -0.39 is 11.9 Å². The van der Waals surface area contributed by atoms with E-state index in [-0.39, 0.29) is 23.3 Å². The van der Waals surface area contributed by atoms with Crippen molar-refractivity contribution in [2.45, 2.75) is 38.9 Å². The number of benzene rings is 1. The Hall–Kier alpha value is -1.92. The van der Waals surface area contributed by atoms with Gasteiger partial charge in [-0.3, -0.25) is 0 Å². The highest BCUT2D eigenvalue weighted by molar-refractivity contribution is 5.98. The maximum absolute atomic E-state index is 11.7. The maximum Gasteiger partial charge on any atom is 0.336 e. The van der Waals surface area contributed by atoms with E-state index in [1.54, 1.807) is 13.8 Å². The summed E-state index contributed by atoms with van der Waals surface area (Å²) in [7, 11) is 0. The van der Waals surface area contributed by atoms with Crippen molar-refractivity contribution in [1.29, 1.82) is 0 Å². The average molecular weight is 306 g/mol. The zero-order chi connectivity index (χ0) is 16.0. The lowest BCUT2D eigenvalue weighted by Crippen LogP contribution is -2.19. The van der Waals surface area contributed by atoms with Gasteiger partial charge in [-0.1, -0.05) is 0 Å². The van der Waals surface area contributed by atoms with Gasteiger partial charge in [-0.05, 0) is 36.1 Å². The third-order valence-electron chi connectivity index (χ3n) is 4.38. The first kappa shape index (κ1) is 15.0. The Balaban J connectivity index is 2.23. The fourth-order valence-corrected chi connectivity index (χ4v) is 2.99. The normalized spacial score (nSPS) is 22.5. The minimum Gasteiger partial charge on any atom is -0.478 e. The highest BCUT2D eigenvalue weighted by atomic mass is 16.6. The quantitative estimate of drug-likeness (QED) is 0.774. The van der Waals surface area contributed by atoms with Gasteiger partial charge in [0.1, 0.15) is 0 Å². The van der Waals surface area contributed by atoms with Gasteiger partial charge in [0.25, 0.3) is 0 Å². The Kier molecular flexibility index (Phi) is 3.66. The summed E-state index contributed by atoms with van der Waals surface area (Å²) in [5.41, 5.74) is 2.64. The Bertz CT molecular complexity index is 598. The molecule has 0 bridgehead atoms. The molecule has 2 aliphatic heterocycles. The van der Waals surface area contributed by atoms with Gasteiger partial charge >= 0.3 is 11.9 Å². The Morgan fingerprint density at radius 3 is 1.45 bits per heavy atom. The fraction of sp³-hybridized carbons (Fsp3) is 0.500. The lowest BCUT2D eigenvalue weighted by atomic mass is 9.84. The second-order valence-corrected chi connectivity index (χ2v) is 5.89. The molecule has 2 unspecified atom stereocenters. The topological polar surface area (TPSA) is 99.7 Å². The van der Waals surface area contributed by atoms with Crippen LogP contribution in [0.4, 0.5) is 0 Å². The summed E-state index contributed by atoms with van der Waals surface area (Å²) < 4.78 is 10.4. The SMILES string of the molecule is Cc1c(C)c(C(=O)O)c(CC2CO2)c(CC2CO2)c1C(=O)O. The van der Waals surface area contributed by atoms with E-state index in [9.17, 15) is 19.8 Å². The van der Waals surface area contributed by atoms with Crippen molar-refractivity contribution in [2.75, 3.05) is 13.2 Å². The Morgan fingerprint density at radius 1 is 0.909 bits per heavy atom. The van der Waals surface area contributed by atoms with Crippen LogP contribution in [-0.2, 0) is 22.3 Å². The van der Waals surface area contributed by atoms with Crippen LogP contribution in [-0.4, -0.2) is 47.6 Å². The molecule has 2 fully saturated rings. The van der Waals surface area contributed by atoms with Crippen LogP contribution in [0.2, 0.25) is 0 Å². The molecule has 22 heavy (non-hydrogen) atoms. The molecule has 2 atom stereocenters. The van der Waals surface area contributed by atoms with Crippen molar-refractivity contribution in [3.8, 4) is 0 Å². The van der Waals surface area contributed by atoms with E-state index >= 15 is 0 Å². The van der Waals surface area contributed by atoms with Gasteiger partial charge in [0.05, 0.1) is 36.5 Å². The summed E-state index contributed by atoms with van der Waals surface area (Å²) in [5, 5.41) is 19.2. The molecular formula is C16H18O6. The molecule has 0 aliphatic carbocycles. The maximum atomic E-state index is 11.7. The summed E-state index contributed by atoms with van der Waals surface area (Å²) in [6.07, 6.45) is 0.845. The van der Waals surface area contributed by atoms with Crippen molar-refractivity contribution < 1.29 is 29.3 Å². The van der Waals surface area contributed by atoms with Gasteiger partial charge < -0.3 is 19.7 Å². The molecular weight excluding hydrogens is 288 g/mol. The largest absolute Gasteiger partial charge is 0.478 e. The molecule has 118 valence electrons. The van der Waals surface area contributed by atoms with E-state index in [0.29, 0.717) is 48.3 Å². The minimum absolute atomic E-state index is 0.0132. The molecule has 0 amide bonds. The van der Waals surface area contributed by atoms with E-state index in [4.69, 9.17) is 9.47 Å². The first-order valence-electron chi connectivity index (χ1n) is 7.24.